The first-order chi connectivity index (χ1) is 13.8. The number of thiophene rings is 1. The van der Waals surface area contributed by atoms with Gasteiger partial charge in [0.25, 0.3) is 11.8 Å². The van der Waals surface area contributed by atoms with Crippen LogP contribution in [0.4, 0.5) is 5.00 Å². The van der Waals surface area contributed by atoms with Crippen LogP contribution in [0.5, 0.6) is 5.75 Å². The first-order valence-electron chi connectivity index (χ1n) is 9.49. The Morgan fingerprint density at radius 1 is 1.21 bits per heavy atom. The van der Waals surface area contributed by atoms with Gasteiger partial charge in [-0.05, 0) is 50.8 Å². The van der Waals surface area contributed by atoms with Gasteiger partial charge < -0.3 is 20.5 Å². The Bertz CT molecular complexity index is 920. The summed E-state index contributed by atoms with van der Waals surface area (Å²) in [6.45, 7) is 3.61. The molecular formula is C21H24N2O5S. The van der Waals surface area contributed by atoms with Crippen LogP contribution in [0, 0.1) is 6.92 Å². The number of nitrogens with one attached hydrogen (secondary N) is 1. The molecule has 8 heteroatoms. The summed E-state index contributed by atoms with van der Waals surface area (Å²) in [7, 11) is 0. The lowest BCUT2D eigenvalue weighted by Crippen LogP contribution is -2.31. The Morgan fingerprint density at radius 2 is 1.93 bits per heavy atom. The molecular weight excluding hydrogens is 392 g/mol. The molecule has 1 aromatic heterocycles. The zero-order valence-corrected chi connectivity index (χ0v) is 17.3. The second kappa shape index (κ2) is 9.09. The second-order valence-corrected chi connectivity index (χ2v) is 8.06. The lowest BCUT2D eigenvalue weighted by molar-refractivity contribution is -0.153. The standard InChI is InChI=1S/C21H24N2O5S/c1-12-6-8-14(9-7-12)27-11-10-17(24)28-13(2)20(26)23-21-18(19(22)25)15-4-3-5-16(15)29-21/h6-9,13H,3-5,10-11H2,1-2H3,(H2,22,25)(H,23,26)/t13-/m1/s1. The SMILES string of the molecule is Cc1ccc(OCCC(=O)O[C@H](C)C(=O)Nc2sc3c(c2C(N)=O)CCC3)cc1. The van der Waals surface area contributed by atoms with E-state index in [9.17, 15) is 14.4 Å². The maximum absolute atomic E-state index is 12.4. The van der Waals surface area contributed by atoms with Crippen LogP contribution in [0.15, 0.2) is 24.3 Å². The minimum absolute atomic E-state index is 0.0192. The molecule has 1 aliphatic carbocycles. The number of aryl methyl sites for hydroxylation is 2. The third kappa shape index (κ3) is 5.14. The van der Waals surface area contributed by atoms with E-state index in [-0.39, 0.29) is 13.0 Å². The number of carbonyl (C=O) groups excluding carboxylic acids is 3. The van der Waals surface area contributed by atoms with Gasteiger partial charge in [0.15, 0.2) is 6.10 Å². The topological polar surface area (TPSA) is 108 Å². The first kappa shape index (κ1) is 20.9. The molecule has 2 aromatic rings. The quantitative estimate of drug-likeness (QED) is 0.643. The minimum Gasteiger partial charge on any atom is -0.493 e. The number of rotatable bonds is 8. The molecule has 3 rings (SSSR count). The molecule has 0 aliphatic heterocycles. The second-order valence-electron chi connectivity index (χ2n) is 6.96. The monoisotopic (exact) mass is 416 g/mol. The van der Waals surface area contributed by atoms with Crippen LogP contribution in [-0.4, -0.2) is 30.5 Å². The molecule has 0 unspecified atom stereocenters. The van der Waals surface area contributed by atoms with E-state index in [4.69, 9.17) is 15.2 Å². The molecule has 7 nitrogen and oxygen atoms in total. The lowest BCUT2D eigenvalue weighted by atomic mass is 10.1. The minimum atomic E-state index is -1.00. The largest absolute Gasteiger partial charge is 0.493 e. The molecule has 2 amide bonds. The summed E-state index contributed by atoms with van der Waals surface area (Å²) in [4.78, 5) is 37.3. The summed E-state index contributed by atoms with van der Waals surface area (Å²) < 4.78 is 10.7. The number of ether oxygens (including phenoxy) is 2. The van der Waals surface area contributed by atoms with Gasteiger partial charge in [-0.25, -0.2) is 0 Å². The molecule has 0 fully saturated rings. The van der Waals surface area contributed by atoms with Crippen LogP contribution in [0.1, 0.15) is 46.1 Å². The van der Waals surface area contributed by atoms with Crippen molar-refractivity contribution in [3.63, 3.8) is 0 Å². The van der Waals surface area contributed by atoms with Crippen molar-refractivity contribution in [2.24, 2.45) is 5.73 Å². The average Bonchev–Trinajstić information content (AvgIpc) is 3.23. The molecule has 0 saturated heterocycles. The molecule has 154 valence electrons. The molecule has 29 heavy (non-hydrogen) atoms. The molecule has 1 atom stereocenters. The van der Waals surface area contributed by atoms with Gasteiger partial charge in [-0.1, -0.05) is 17.7 Å². The predicted octanol–water partition coefficient (Wildman–Crippen LogP) is 2.98. The first-order valence-corrected chi connectivity index (χ1v) is 10.3. The Hall–Kier alpha value is -2.87. The van der Waals surface area contributed by atoms with Gasteiger partial charge in [0.2, 0.25) is 0 Å². The summed E-state index contributed by atoms with van der Waals surface area (Å²) >= 11 is 1.36. The number of amides is 2. The number of carbonyl (C=O) groups is 3. The highest BCUT2D eigenvalue weighted by atomic mass is 32.1. The fourth-order valence-electron chi connectivity index (χ4n) is 3.16. The van der Waals surface area contributed by atoms with Crippen LogP contribution in [-0.2, 0) is 27.2 Å². The Labute approximate surface area is 173 Å². The summed E-state index contributed by atoms with van der Waals surface area (Å²) in [5, 5.41) is 3.11. The van der Waals surface area contributed by atoms with Gasteiger partial charge in [-0.3, -0.25) is 14.4 Å². The van der Waals surface area contributed by atoms with Crippen molar-refractivity contribution < 1.29 is 23.9 Å². The summed E-state index contributed by atoms with van der Waals surface area (Å²) in [6.07, 6.45) is 1.66. The molecule has 3 N–H and O–H groups in total. The summed E-state index contributed by atoms with van der Waals surface area (Å²) in [5.74, 6) is -0.930. The van der Waals surface area contributed by atoms with Gasteiger partial charge in [-0.15, -0.1) is 11.3 Å². The van der Waals surface area contributed by atoms with Crippen molar-refractivity contribution >= 4 is 34.1 Å². The van der Waals surface area contributed by atoms with Crippen molar-refractivity contribution in [3.8, 4) is 5.75 Å². The molecule has 0 saturated carbocycles. The van der Waals surface area contributed by atoms with E-state index in [0.717, 1.165) is 35.3 Å². The number of primary amides is 1. The van der Waals surface area contributed by atoms with Crippen molar-refractivity contribution in [2.45, 2.75) is 45.6 Å². The number of esters is 1. The van der Waals surface area contributed by atoms with E-state index in [2.05, 4.69) is 5.32 Å². The zero-order valence-electron chi connectivity index (χ0n) is 16.4. The number of hydrogen-bond acceptors (Lipinski definition) is 6. The highest BCUT2D eigenvalue weighted by molar-refractivity contribution is 7.17. The van der Waals surface area contributed by atoms with Crippen molar-refractivity contribution in [1.82, 2.24) is 0 Å². The Kier molecular flexibility index (Phi) is 6.53. The van der Waals surface area contributed by atoms with E-state index in [1.807, 2.05) is 31.2 Å². The highest BCUT2D eigenvalue weighted by Crippen LogP contribution is 2.38. The number of fused-ring (bicyclic) bond motifs is 1. The zero-order chi connectivity index (χ0) is 21.0. The highest BCUT2D eigenvalue weighted by Gasteiger charge is 2.27. The fraction of sp³-hybridized carbons (Fsp3) is 0.381. The van der Waals surface area contributed by atoms with E-state index < -0.39 is 23.9 Å². The Balaban J connectivity index is 1.49. The molecule has 0 radical (unpaired) electrons. The van der Waals surface area contributed by atoms with E-state index in [1.165, 1.54) is 18.3 Å². The normalized spacial score (nSPS) is 13.4. The van der Waals surface area contributed by atoms with Crippen LogP contribution in [0.3, 0.4) is 0 Å². The van der Waals surface area contributed by atoms with Gasteiger partial charge >= 0.3 is 5.97 Å². The van der Waals surface area contributed by atoms with Crippen molar-refractivity contribution in [1.29, 1.82) is 0 Å². The van der Waals surface area contributed by atoms with E-state index >= 15 is 0 Å². The van der Waals surface area contributed by atoms with Crippen molar-refractivity contribution in [3.05, 3.63) is 45.8 Å². The number of anilines is 1. The van der Waals surface area contributed by atoms with Crippen LogP contribution >= 0.6 is 11.3 Å². The molecule has 0 spiro atoms. The number of benzene rings is 1. The third-order valence-corrected chi connectivity index (χ3v) is 5.89. The van der Waals surface area contributed by atoms with Gasteiger partial charge in [0.1, 0.15) is 10.8 Å². The molecule has 0 bridgehead atoms. The Morgan fingerprint density at radius 3 is 2.62 bits per heavy atom. The van der Waals surface area contributed by atoms with E-state index in [1.54, 1.807) is 0 Å². The average molecular weight is 416 g/mol. The molecule has 1 aromatic carbocycles. The van der Waals surface area contributed by atoms with E-state index in [0.29, 0.717) is 16.3 Å². The molecule has 1 heterocycles. The van der Waals surface area contributed by atoms with Crippen LogP contribution in [0.2, 0.25) is 0 Å². The maximum atomic E-state index is 12.4. The van der Waals surface area contributed by atoms with Crippen LogP contribution < -0.4 is 15.8 Å². The fourth-order valence-corrected chi connectivity index (χ4v) is 4.46. The lowest BCUT2D eigenvalue weighted by Gasteiger charge is -2.14. The van der Waals surface area contributed by atoms with Crippen LogP contribution in [0.25, 0.3) is 0 Å². The van der Waals surface area contributed by atoms with Crippen molar-refractivity contribution in [2.75, 3.05) is 11.9 Å². The third-order valence-electron chi connectivity index (χ3n) is 4.68. The van der Waals surface area contributed by atoms with Gasteiger partial charge in [0, 0.05) is 4.88 Å². The predicted molar refractivity (Wildman–Crippen MR) is 110 cm³/mol. The smallest absolute Gasteiger partial charge is 0.310 e. The van der Waals surface area contributed by atoms with Gasteiger partial charge in [-0.2, -0.15) is 0 Å². The van der Waals surface area contributed by atoms with Gasteiger partial charge in [0.05, 0.1) is 18.6 Å². The molecule has 1 aliphatic rings. The summed E-state index contributed by atoms with van der Waals surface area (Å²) in [6, 6.07) is 7.48. The number of nitrogens with two attached hydrogens (primary N) is 1. The number of hydrogen-bond donors (Lipinski definition) is 2. The summed E-state index contributed by atoms with van der Waals surface area (Å²) in [5.41, 5.74) is 7.91. The maximum Gasteiger partial charge on any atom is 0.310 e.